The Morgan fingerprint density at radius 3 is 2.69 bits per heavy atom. The maximum Gasteiger partial charge on any atom is 0.267 e. The van der Waals surface area contributed by atoms with Crippen LogP contribution in [0.2, 0.25) is 0 Å². The number of amides is 2. The van der Waals surface area contributed by atoms with E-state index in [-0.39, 0.29) is 18.2 Å². The van der Waals surface area contributed by atoms with Gasteiger partial charge in [-0.15, -0.1) is 0 Å². The summed E-state index contributed by atoms with van der Waals surface area (Å²) in [5, 5.41) is 2.81. The number of rotatable bonds is 7. The van der Waals surface area contributed by atoms with Crippen LogP contribution in [0.1, 0.15) is 12.8 Å². The van der Waals surface area contributed by atoms with Crippen molar-refractivity contribution < 1.29 is 19.1 Å². The molecule has 1 unspecified atom stereocenters. The number of fused-ring (bicyclic) bond motifs is 1. The van der Waals surface area contributed by atoms with E-state index in [2.05, 4.69) is 5.32 Å². The SMILES string of the molecule is CN1C(=O)C(CCNC(=O)CCOc2ccccc2)Oc2ccccc21. The van der Waals surface area contributed by atoms with Gasteiger partial charge >= 0.3 is 0 Å². The Morgan fingerprint density at radius 2 is 1.88 bits per heavy atom. The highest BCUT2D eigenvalue weighted by atomic mass is 16.5. The van der Waals surface area contributed by atoms with Gasteiger partial charge in [-0.25, -0.2) is 0 Å². The number of likely N-dealkylation sites (N-methyl/N-ethyl adjacent to an activating group) is 1. The van der Waals surface area contributed by atoms with E-state index in [0.717, 1.165) is 11.4 Å². The summed E-state index contributed by atoms with van der Waals surface area (Å²) in [5.41, 5.74) is 0.760. The highest BCUT2D eigenvalue weighted by Gasteiger charge is 2.31. The molecule has 0 radical (unpaired) electrons. The van der Waals surface area contributed by atoms with E-state index in [1.165, 1.54) is 0 Å². The molecule has 6 heteroatoms. The molecule has 6 nitrogen and oxygen atoms in total. The molecule has 0 bridgehead atoms. The average Bonchev–Trinajstić information content (AvgIpc) is 2.66. The Morgan fingerprint density at radius 1 is 1.15 bits per heavy atom. The number of anilines is 1. The Hall–Kier alpha value is -3.02. The van der Waals surface area contributed by atoms with Gasteiger partial charge in [0.15, 0.2) is 6.10 Å². The van der Waals surface area contributed by atoms with Crippen LogP contribution < -0.4 is 19.7 Å². The molecule has 0 fully saturated rings. The van der Waals surface area contributed by atoms with Gasteiger partial charge in [-0.2, -0.15) is 0 Å². The molecule has 136 valence electrons. The number of ether oxygens (including phenoxy) is 2. The minimum absolute atomic E-state index is 0.106. The fraction of sp³-hybridized carbons (Fsp3) is 0.300. The van der Waals surface area contributed by atoms with Crippen molar-refractivity contribution in [3.05, 3.63) is 54.6 Å². The van der Waals surface area contributed by atoms with Gasteiger partial charge in [-0.05, 0) is 24.3 Å². The maximum atomic E-state index is 12.4. The summed E-state index contributed by atoms with van der Waals surface area (Å²) in [4.78, 5) is 25.8. The van der Waals surface area contributed by atoms with E-state index in [9.17, 15) is 9.59 Å². The predicted octanol–water partition coefficient (Wildman–Crippen LogP) is 2.39. The van der Waals surface area contributed by atoms with Crippen LogP contribution in [0.5, 0.6) is 11.5 Å². The molecule has 0 saturated heterocycles. The van der Waals surface area contributed by atoms with Crippen LogP contribution in [0.15, 0.2) is 54.6 Å². The molecule has 2 aromatic carbocycles. The minimum Gasteiger partial charge on any atom is -0.493 e. The van der Waals surface area contributed by atoms with Crippen molar-refractivity contribution >= 4 is 17.5 Å². The molecule has 0 aromatic heterocycles. The number of nitrogens with zero attached hydrogens (tertiary/aromatic N) is 1. The van der Waals surface area contributed by atoms with E-state index < -0.39 is 6.10 Å². The first-order valence-electron chi connectivity index (χ1n) is 8.63. The first kappa shape index (κ1) is 17.8. The van der Waals surface area contributed by atoms with Gasteiger partial charge in [0, 0.05) is 20.0 Å². The molecule has 1 atom stereocenters. The second kappa shape index (κ2) is 8.38. The highest BCUT2D eigenvalue weighted by molar-refractivity contribution is 5.99. The highest BCUT2D eigenvalue weighted by Crippen LogP contribution is 2.33. The summed E-state index contributed by atoms with van der Waals surface area (Å²) < 4.78 is 11.3. The normalized spacial score (nSPS) is 15.8. The Labute approximate surface area is 152 Å². The van der Waals surface area contributed by atoms with Crippen molar-refractivity contribution in [1.29, 1.82) is 0 Å². The molecule has 2 amide bonds. The standard InChI is InChI=1S/C20H22N2O4/c1-22-16-9-5-6-10-17(16)26-18(20(22)24)11-13-21-19(23)12-14-25-15-7-3-2-4-8-15/h2-10,18H,11-14H2,1H3,(H,21,23). The summed E-state index contributed by atoms with van der Waals surface area (Å²) in [7, 11) is 1.73. The minimum atomic E-state index is -0.587. The summed E-state index contributed by atoms with van der Waals surface area (Å²) in [6.07, 6.45) is 0.0932. The largest absolute Gasteiger partial charge is 0.493 e. The fourth-order valence-corrected chi connectivity index (χ4v) is 2.76. The summed E-state index contributed by atoms with van der Waals surface area (Å²) in [5.74, 6) is 1.20. The van der Waals surface area contributed by atoms with Crippen LogP contribution in [-0.4, -0.2) is 38.1 Å². The number of carbonyl (C=O) groups is 2. The monoisotopic (exact) mass is 354 g/mol. The van der Waals surface area contributed by atoms with E-state index >= 15 is 0 Å². The van der Waals surface area contributed by atoms with Crippen molar-refractivity contribution in [2.75, 3.05) is 25.1 Å². The van der Waals surface area contributed by atoms with Gasteiger partial charge in [-0.3, -0.25) is 9.59 Å². The second-order valence-electron chi connectivity index (χ2n) is 6.02. The lowest BCUT2D eigenvalue weighted by molar-refractivity contribution is -0.127. The summed E-state index contributed by atoms with van der Waals surface area (Å²) in [6.45, 7) is 0.682. The van der Waals surface area contributed by atoms with Crippen LogP contribution in [0.3, 0.4) is 0 Å². The predicted molar refractivity (Wildman–Crippen MR) is 98.4 cm³/mol. The molecule has 0 spiro atoms. The number of para-hydroxylation sites is 3. The number of hydrogen-bond acceptors (Lipinski definition) is 4. The quantitative estimate of drug-likeness (QED) is 0.829. The fourth-order valence-electron chi connectivity index (χ4n) is 2.76. The van der Waals surface area contributed by atoms with Gasteiger partial charge in [0.2, 0.25) is 5.91 Å². The zero-order valence-corrected chi connectivity index (χ0v) is 14.7. The van der Waals surface area contributed by atoms with Crippen LogP contribution in [0.25, 0.3) is 0 Å². The molecule has 1 heterocycles. The van der Waals surface area contributed by atoms with Gasteiger partial charge in [0.25, 0.3) is 5.91 Å². The summed E-state index contributed by atoms with van der Waals surface area (Å²) >= 11 is 0. The smallest absolute Gasteiger partial charge is 0.267 e. The van der Waals surface area contributed by atoms with Crippen LogP contribution in [-0.2, 0) is 9.59 Å². The molecule has 1 N–H and O–H groups in total. The Balaban J connectivity index is 1.40. The van der Waals surface area contributed by atoms with Gasteiger partial charge < -0.3 is 19.7 Å². The molecule has 0 saturated carbocycles. The molecular formula is C20H22N2O4. The first-order chi connectivity index (χ1) is 12.6. The molecule has 1 aliphatic heterocycles. The third kappa shape index (κ3) is 4.33. The average molecular weight is 354 g/mol. The molecule has 3 rings (SSSR count). The van der Waals surface area contributed by atoms with Crippen molar-refractivity contribution in [3.63, 3.8) is 0 Å². The van der Waals surface area contributed by atoms with Gasteiger partial charge in [-0.1, -0.05) is 30.3 Å². The van der Waals surface area contributed by atoms with Crippen molar-refractivity contribution in [3.8, 4) is 11.5 Å². The third-order valence-electron chi connectivity index (χ3n) is 4.17. The van der Waals surface area contributed by atoms with Crippen molar-refractivity contribution in [2.45, 2.75) is 18.9 Å². The molecular weight excluding hydrogens is 332 g/mol. The number of hydrogen-bond donors (Lipinski definition) is 1. The topological polar surface area (TPSA) is 67.9 Å². The zero-order valence-electron chi connectivity index (χ0n) is 14.7. The summed E-state index contributed by atoms with van der Waals surface area (Å²) in [6, 6.07) is 16.8. The lowest BCUT2D eigenvalue weighted by Gasteiger charge is -2.31. The number of benzene rings is 2. The lowest BCUT2D eigenvalue weighted by Crippen LogP contribution is -2.45. The maximum absolute atomic E-state index is 12.4. The van der Waals surface area contributed by atoms with Crippen LogP contribution in [0, 0.1) is 0 Å². The van der Waals surface area contributed by atoms with Crippen LogP contribution in [0.4, 0.5) is 5.69 Å². The second-order valence-corrected chi connectivity index (χ2v) is 6.02. The van der Waals surface area contributed by atoms with Crippen molar-refractivity contribution in [1.82, 2.24) is 5.32 Å². The molecule has 26 heavy (non-hydrogen) atoms. The third-order valence-corrected chi connectivity index (χ3v) is 4.17. The molecule has 1 aliphatic rings. The van der Waals surface area contributed by atoms with Gasteiger partial charge in [0.05, 0.1) is 18.7 Å². The van der Waals surface area contributed by atoms with Gasteiger partial charge in [0.1, 0.15) is 11.5 Å². The zero-order chi connectivity index (χ0) is 18.4. The molecule has 2 aromatic rings. The molecule has 0 aliphatic carbocycles. The van der Waals surface area contributed by atoms with E-state index in [0.29, 0.717) is 25.3 Å². The van der Waals surface area contributed by atoms with Crippen LogP contribution >= 0.6 is 0 Å². The number of carbonyl (C=O) groups excluding carboxylic acids is 2. The van der Waals surface area contributed by atoms with E-state index in [1.807, 2.05) is 54.6 Å². The van der Waals surface area contributed by atoms with Crippen molar-refractivity contribution in [2.24, 2.45) is 0 Å². The Kier molecular flexibility index (Phi) is 5.73. The first-order valence-corrected chi connectivity index (χ1v) is 8.63. The van der Waals surface area contributed by atoms with E-state index in [4.69, 9.17) is 9.47 Å². The van der Waals surface area contributed by atoms with E-state index in [1.54, 1.807) is 11.9 Å². The Bertz CT molecular complexity index is 763. The number of nitrogens with one attached hydrogen (secondary N) is 1. The lowest BCUT2D eigenvalue weighted by atomic mass is 10.1.